The minimum absolute atomic E-state index is 0.310. The zero-order valence-electron chi connectivity index (χ0n) is 19.3. The van der Waals surface area contributed by atoms with Crippen molar-refractivity contribution >= 4 is 0 Å². The molecule has 3 N–H and O–H groups in total. The van der Waals surface area contributed by atoms with Gasteiger partial charge in [0.05, 0.1) is 6.61 Å². The Bertz CT molecular complexity index is 838. The van der Waals surface area contributed by atoms with Gasteiger partial charge in [-0.2, -0.15) is 0 Å². The van der Waals surface area contributed by atoms with E-state index >= 15 is 0 Å². The molecule has 1 aromatic carbocycles. The van der Waals surface area contributed by atoms with Gasteiger partial charge >= 0.3 is 0 Å². The summed E-state index contributed by atoms with van der Waals surface area (Å²) >= 11 is 0. The fourth-order valence-electron chi connectivity index (χ4n) is 2.54. The summed E-state index contributed by atoms with van der Waals surface area (Å²) in [6.45, 7) is 14.2. The van der Waals surface area contributed by atoms with Crippen LogP contribution < -0.4 is 20.5 Å². The van der Waals surface area contributed by atoms with E-state index in [1.54, 1.807) is 6.08 Å². The minimum Gasteiger partial charge on any atom is -0.493 e. The van der Waals surface area contributed by atoms with Crippen LogP contribution in [-0.4, -0.2) is 32.9 Å². The van der Waals surface area contributed by atoms with Crippen LogP contribution in [0.25, 0.3) is 0 Å². The summed E-state index contributed by atoms with van der Waals surface area (Å²) in [6.07, 6.45) is 9.93. The van der Waals surface area contributed by atoms with E-state index in [4.69, 9.17) is 24.7 Å². The van der Waals surface area contributed by atoms with Crippen molar-refractivity contribution in [3.8, 4) is 11.5 Å². The Morgan fingerprint density at radius 2 is 1.91 bits per heavy atom. The summed E-state index contributed by atoms with van der Waals surface area (Å²) in [4.78, 5) is 0. The molecule has 0 aliphatic heterocycles. The van der Waals surface area contributed by atoms with Crippen molar-refractivity contribution in [1.82, 2.24) is 5.32 Å². The van der Waals surface area contributed by atoms with Crippen molar-refractivity contribution < 1.29 is 18.9 Å². The average molecular weight is 441 g/mol. The second kappa shape index (κ2) is 14.0. The topological polar surface area (TPSA) is 75.0 Å². The number of ether oxygens (including phenoxy) is 4. The molecule has 0 bridgehead atoms. The molecule has 0 atom stereocenters. The molecule has 0 aromatic heterocycles. The maximum absolute atomic E-state index is 5.97. The van der Waals surface area contributed by atoms with Gasteiger partial charge in [-0.15, -0.1) is 0 Å². The van der Waals surface area contributed by atoms with Gasteiger partial charge in [-0.25, -0.2) is 0 Å². The third kappa shape index (κ3) is 10.8. The Balaban J connectivity index is 1.73. The second-order valence-electron chi connectivity index (χ2n) is 7.59. The summed E-state index contributed by atoms with van der Waals surface area (Å²) < 4.78 is 23.1. The fraction of sp³-hybridized carbons (Fsp3) is 0.385. The number of nitrogens with one attached hydrogen (secondary N) is 1. The number of nitrogens with two attached hydrogens (primary N) is 1. The molecule has 6 nitrogen and oxygen atoms in total. The van der Waals surface area contributed by atoms with E-state index in [2.05, 4.69) is 18.5 Å². The molecule has 1 aliphatic rings. The molecule has 0 amide bonds. The van der Waals surface area contributed by atoms with Gasteiger partial charge in [-0.1, -0.05) is 25.3 Å². The lowest BCUT2D eigenvalue weighted by molar-refractivity contribution is 0.0463. The van der Waals surface area contributed by atoms with Crippen LogP contribution in [0.4, 0.5) is 0 Å². The summed E-state index contributed by atoms with van der Waals surface area (Å²) in [5, 5.41) is 3.12. The predicted molar refractivity (Wildman–Crippen MR) is 129 cm³/mol. The van der Waals surface area contributed by atoms with Gasteiger partial charge in [0.15, 0.2) is 0 Å². The largest absolute Gasteiger partial charge is 0.493 e. The van der Waals surface area contributed by atoms with Gasteiger partial charge < -0.3 is 30.0 Å². The summed E-state index contributed by atoms with van der Waals surface area (Å²) in [5.74, 6) is 3.44. The minimum atomic E-state index is 0.310. The molecular weight excluding hydrogens is 404 g/mol. The summed E-state index contributed by atoms with van der Waals surface area (Å²) in [5.41, 5.74) is 6.89. The Morgan fingerprint density at radius 3 is 2.59 bits per heavy atom. The second-order valence-corrected chi connectivity index (χ2v) is 7.59. The van der Waals surface area contributed by atoms with Gasteiger partial charge in [0.2, 0.25) is 0 Å². The Kier molecular flexibility index (Phi) is 11.0. The number of hydrogen-bond donors (Lipinski definition) is 2. The molecule has 1 aliphatic carbocycles. The molecule has 1 fully saturated rings. The molecular formula is C26H36N2O4. The first kappa shape index (κ1) is 25.1. The molecule has 1 saturated carbocycles. The zero-order chi connectivity index (χ0) is 23.2. The van der Waals surface area contributed by atoms with Crippen molar-refractivity contribution in [1.29, 1.82) is 0 Å². The van der Waals surface area contributed by atoms with E-state index in [0.717, 1.165) is 23.7 Å². The smallest absolute Gasteiger partial charge is 0.274 e. The van der Waals surface area contributed by atoms with E-state index in [-0.39, 0.29) is 0 Å². The van der Waals surface area contributed by atoms with E-state index in [1.165, 1.54) is 12.8 Å². The molecule has 1 aromatic rings. The first-order valence-electron chi connectivity index (χ1n) is 11.0. The van der Waals surface area contributed by atoms with Crippen LogP contribution in [0, 0.1) is 5.92 Å². The van der Waals surface area contributed by atoms with Crippen LogP contribution in [-0.2, 0) is 9.47 Å². The monoisotopic (exact) mass is 440 g/mol. The number of hydrogen-bond acceptors (Lipinski definition) is 6. The Labute approximate surface area is 192 Å². The fourth-order valence-corrected chi connectivity index (χ4v) is 2.54. The SMILES string of the molecule is C=C(N)CNCCO/C(=C/C)OCC(=C)/C=C\C(=C/C)Oc1cccc(OCC2CC2)c1. The third-order valence-corrected chi connectivity index (χ3v) is 4.50. The van der Waals surface area contributed by atoms with Crippen LogP contribution in [0.3, 0.4) is 0 Å². The van der Waals surface area contributed by atoms with Crippen molar-refractivity contribution in [3.63, 3.8) is 0 Å². The highest BCUT2D eigenvalue weighted by molar-refractivity contribution is 5.35. The molecule has 0 saturated heterocycles. The highest BCUT2D eigenvalue weighted by Crippen LogP contribution is 2.30. The quantitative estimate of drug-likeness (QED) is 0.218. The molecule has 174 valence electrons. The van der Waals surface area contributed by atoms with Gasteiger partial charge in [0, 0.05) is 24.9 Å². The van der Waals surface area contributed by atoms with E-state index in [0.29, 0.717) is 49.6 Å². The molecule has 0 radical (unpaired) electrons. The Hall–Kier alpha value is -3.12. The molecule has 2 rings (SSSR count). The van der Waals surface area contributed by atoms with Crippen molar-refractivity contribution in [2.24, 2.45) is 11.7 Å². The molecule has 6 heteroatoms. The lowest BCUT2D eigenvalue weighted by Crippen LogP contribution is -2.24. The van der Waals surface area contributed by atoms with Crippen LogP contribution in [0.15, 0.2) is 84.7 Å². The first-order chi connectivity index (χ1) is 15.5. The maximum Gasteiger partial charge on any atom is 0.274 e. The van der Waals surface area contributed by atoms with Crippen LogP contribution >= 0.6 is 0 Å². The van der Waals surface area contributed by atoms with Crippen LogP contribution in [0.5, 0.6) is 11.5 Å². The van der Waals surface area contributed by atoms with Gasteiger partial charge in [-0.3, -0.25) is 0 Å². The normalized spacial score (nSPS) is 14.3. The number of rotatable bonds is 16. The van der Waals surface area contributed by atoms with Gasteiger partial charge in [-0.05, 0) is 68.5 Å². The molecule has 0 spiro atoms. The Morgan fingerprint density at radius 1 is 1.12 bits per heavy atom. The van der Waals surface area contributed by atoms with Crippen LogP contribution in [0.1, 0.15) is 26.7 Å². The predicted octanol–water partition coefficient (Wildman–Crippen LogP) is 4.83. The van der Waals surface area contributed by atoms with Crippen molar-refractivity contribution in [2.75, 3.05) is 32.9 Å². The summed E-state index contributed by atoms with van der Waals surface area (Å²) in [6, 6.07) is 7.70. The molecule has 32 heavy (non-hydrogen) atoms. The first-order valence-corrected chi connectivity index (χ1v) is 11.0. The lowest BCUT2D eigenvalue weighted by Gasteiger charge is -2.12. The van der Waals surface area contributed by atoms with Gasteiger partial charge in [0.1, 0.15) is 30.5 Å². The highest BCUT2D eigenvalue weighted by Gasteiger charge is 2.21. The lowest BCUT2D eigenvalue weighted by atomic mass is 10.2. The number of allylic oxidation sites excluding steroid dienone is 3. The average Bonchev–Trinajstić information content (AvgIpc) is 3.61. The number of benzene rings is 1. The standard InChI is InChI=1S/C26H36N2O4/c1-5-23(32-25-9-7-8-24(16-25)30-19-22-11-12-22)13-10-20(3)18-31-26(6-2)29-15-14-28-17-21(4)27/h5-10,13,16,22,28H,3-4,11-12,14-15,17-19,27H2,1-2H3/b13-10-,23-5+,26-6-. The van der Waals surface area contributed by atoms with E-state index < -0.39 is 0 Å². The molecule has 0 heterocycles. The van der Waals surface area contributed by atoms with E-state index in [9.17, 15) is 0 Å². The van der Waals surface area contributed by atoms with Crippen LogP contribution in [0.2, 0.25) is 0 Å². The van der Waals surface area contributed by atoms with Gasteiger partial charge in [0.25, 0.3) is 5.95 Å². The maximum atomic E-state index is 5.97. The van der Waals surface area contributed by atoms with Crippen molar-refractivity contribution in [3.05, 3.63) is 84.7 Å². The van der Waals surface area contributed by atoms with Crippen molar-refractivity contribution in [2.45, 2.75) is 26.7 Å². The zero-order valence-corrected chi connectivity index (χ0v) is 19.3. The molecule has 0 unspecified atom stereocenters. The highest BCUT2D eigenvalue weighted by atomic mass is 16.7. The van der Waals surface area contributed by atoms with E-state index in [1.807, 2.05) is 56.3 Å². The summed E-state index contributed by atoms with van der Waals surface area (Å²) in [7, 11) is 0. The third-order valence-electron chi connectivity index (χ3n) is 4.50.